The van der Waals surface area contributed by atoms with Crippen LogP contribution in [0.4, 0.5) is 0 Å². The highest BCUT2D eigenvalue weighted by Crippen LogP contribution is 2.25. The molecule has 0 aromatic heterocycles. The van der Waals surface area contributed by atoms with Crippen LogP contribution in [0.1, 0.15) is 8.29 Å². The predicted octanol–water partition coefficient (Wildman–Crippen LogP) is 1.01. The highest BCUT2D eigenvalue weighted by Gasteiger charge is 2.24. The minimum absolute atomic E-state index is 0.402. The van der Waals surface area contributed by atoms with E-state index >= 15 is 0 Å². The first kappa shape index (κ1) is 6.11. The van der Waals surface area contributed by atoms with Gasteiger partial charge in [-0.3, -0.25) is 4.18 Å². The Hall–Kier alpha value is 0.380. The molecule has 0 aromatic rings. The number of hydrogen-bond donors (Lipinski definition) is 0. The first-order valence-electron chi connectivity index (χ1n) is 2.74. The van der Waals surface area contributed by atoms with Crippen molar-refractivity contribution in [1.82, 2.24) is 0 Å². The van der Waals surface area contributed by atoms with E-state index in [1.165, 1.54) is 0 Å². The number of hydrogen-bond acceptors (Lipinski definition) is 3. The standard InChI is InChI=1S/C4H5IO3S/c1-3-4(5)2-9(6,7)8-3/h2-3H,1H3/i2D. The van der Waals surface area contributed by atoms with Crippen molar-refractivity contribution in [2.45, 2.75) is 13.0 Å². The van der Waals surface area contributed by atoms with E-state index in [-0.39, 0.29) is 0 Å². The Balaban J connectivity index is 3.20. The summed E-state index contributed by atoms with van der Waals surface area (Å²) < 4.78 is 33.4. The zero-order valence-electron chi connectivity index (χ0n) is 5.59. The molecule has 0 aromatic carbocycles. The summed E-state index contributed by atoms with van der Waals surface area (Å²) in [5, 5.41) is -0.402. The first-order chi connectivity index (χ1) is 4.45. The zero-order chi connectivity index (χ0) is 7.94. The lowest BCUT2D eigenvalue weighted by molar-refractivity contribution is 0.289. The summed E-state index contributed by atoms with van der Waals surface area (Å²) in [6, 6.07) is 0. The van der Waals surface area contributed by atoms with Crippen LogP contribution in [0.25, 0.3) is 0 Å². The van der Waals surface area contributed by atoms with E-state index in [2.05, 4.69) is 4.18 Å². The zero-order valence-corrected chi connectivity index (χ0v) is 7.56. The van der Waals surface area contributed by atoms with Gasteiger partial charge in [-0.1, -0.05) is 0 Å². The Labute approximate surface area is 68.8 Å². The van der Waals surface area contributed by atoms with Crippen LogP contribution in [0, 0.1) is 0 Å². The maximum Gasteiger partial charge on any atom is 0.291 e. The normalized spacial score (nSPS) is 34.9. The molecule has 1 unspecified atom stereocenters. The van der Waals surface area contributed by atoms with Crippen LogP contribution in [0.15, 0.2) is 8.96 Å². The summed E-state index contributed by atoms with van der Waals surface area (Å²) >= 11 is 1.80. The van der Waals surface area contributed by atoms with Gasteiger partial charge in [-0.15, -0.1) is 0 Å². The topological polar surface area (TPSA) is 43.4 Å². The van der Waals surface area contributed by atoms with E-state index in [1.54, 1.807) is 29.5 Å². The van der Waals surface area contributed by atoms with Gasteiger partial charge < -0.3 is 0 Å². The third kappa shape index (κ3) is 1.65. The molecule has 3 nitrogen and oxygen atoms in total. The van der Waals surface area contributed by atoms with E-state index in [0.29, 0.717) is 3.58 Å². The highest BCUT2D eigenvalue weighted by molar-refractivity contribution is 14.1. The van der Waals surface area contributed by atoms with Crippen LogP contribution < -0.4 is 0 Å². The molecular weight excluding hydrogens is 255 g/mol. The molecule has 0 saturated heterocycles. The van der Waals surface area contributed by atoms with Crippen molar-refractivity contribution in [2.75, 3.05) is 0 Å². The van der Waals surface area contributed by atoms with Gasteiger partial charge >= 0.3 is 0 Å². The SMILES string of the molecule is [2H]C1=C(I)C(C)OS1(=O)=O. The Morgan fingerprint density at radius 3 is 2.67 bits per heavy atom. The summed E-state index contributed by atoms with van der Waals surface area (Å²) in [4.78, 5) is 0. The average Bonchev–Trinajstić information content (AvgIpc) is 1.95. The van der Waals surface area contributed by atoms with Crippen molar-refractivity contribution >= 4 is 32.7 Å². The molecule has 0 N–H and O–H groups in total. The molecule has 1 rings (SSSR count). The summed E-state index contributed by atoms with van der Waals surface area (Å²) in [6.45, 7) is 1.60. The third-order valence-corrected chi connectivity index (χ3v) is 3.38. The smallest absolute Gasteiger partial charge is 0.258 e. The summed E-state index contributed by atoms with van der Waals surface area (Å²) in [6.07, 6.45) is -0.474. The number of halogens is 1. The van der Waals surface area contributed by atoms with Gasteiger partial charge in [-0.25, -0.2) is 0 Å². The van der Waals surface area contributed by atoms with Crippen LogP contribution >= 0.6 is 22.6 Å². The second-order valence-electron chi connectivity index (χ2n) is 1.64. The monoisotopic (exact) mass is 261 g/mol. The van der Waals surface area contributed by atoms with E-state index < -0.39 is 21.6 Å². The molecule has 5 heteroatoms. The summed E-state index contributed by atoms with van der Waals surface area (Å²) in [5.74, 6) is 0. The molecule has 9 heavy (non-hydrogen) atoms. The van der Waals surface area contributed by atoms with Gasteiger partial charge in [0.1, 0.15) is 6.10 Å². The van der Waals surface area contributed by atoms with Crippen molar-refractivity contribution < 1.29 is 14.0 Å². The first-order valence-corrected chi connectivity index (χ1v) is 4.73. The van der Waals surface area contributed by atoms with Crippen LogP contribution in [0.2, 0.25) is 0 Å². The minimum atomic E-state index is -3.68. The van der Waals surface area contributed by atoms with Crippen LogP contribution in [-0.4, -0.2) is 14.5 Å². The van der Waals surface area contributed by atoms with Crippen LogP contribution in [0.3, 0.4) is 0 Å². The highest BCUT2D eigenvalue weighted by atomic mass is 127. The van der Waals surface area contributed by atoms with E-state index in [1.807, 2.05) is 0 Å². The molecule has 1 heterocycles. The molecule has 0 bridgehead atoms. The summed E-state index contributed by atoms with van der Waals surface area (Å²) in [7, 11) is -3.68. The second-order valence-corrected chi connectivity index (χ2v) is 4.11. The molecule has 0 aliphatic carbocycles. The van der Waals surface area contributed by atoms with Crippen LogP contribution in [0.5, 0.6) is 0 Å². The lowest BCUT2D eigenvalue weighted by Gasteiger charge is -1.97. The predicted molar refractivity (Wildman–Crippen MR) is 41.6 cm³/mol. The lowest BCUT2D eigenvalue weighted by atomic mass is 10.4. The fourth-order valence-electron chi connectivity index (χ4n) is 0.459. The van der Waals surface area contributed by atoms with Gasteiger partial charge in [-0.2, -0.15) is 8.42 Å². The lowest BCUT2D eigenvalue weighted by Crippen LogP contribution is -2.03. The van der Waals surface area contributed by atoms with Gasteiger partial charge in [0.15, 0.2) is 0 Å². The number of rotatable bonds is 0. The molecule has 0 fully saturated rings. The molecule has 0 amide bonds. The quantitative estimate of drug-likeness (QED) is 0.483. The largest absolute Gasteiger partial charge is 0.291 e. The Morgan fingerprint density at radius 1 is 2.00 bits per heavy atom. The van der Waals surface area contributed by atoms with Gasteiger partial charge in [0.2, 0.25) is 0 Å². The van der Waals surface area contributed by atoms with E-state index in [4.69, 9.17) is 1.37 Å². The van der Waals surface area contributed by atoms with Crippen molar-refractivity contribution in [2.24, 2.45) is 0 Å². The van der Waals surface area contributed by atoms with Crippen molar-refractivity contribution in [3.8, 4) is 0 Å². The van der Waals surface area contributed by atoms with Crippen molar-refractivity contribution in [3.05, 3.63) is 8.96 Å². The third-order valence-electron chi connectivity index (χ3n) is 0.850. The fourth-order valence-corrected chi connectivity index (χ4v) is 2.50. The Kier molecular flexibility index (Phi) is 1.50. The summed E-state index contributed by atoms with van der Waals surface area (Å²) in [5.41, 5.74) is 0. The fraction of sp³-hybridized carbons (Fsp3) is 0.500. The van der Waals surface area contributed by atoms with E-state index in [9.17, 15) is 8.42 Å². The Morgan fingerprint density at radius 2 is 2.56 bits per heavy atom. The van der Waals surface area contributed by atoms with E-state index in [0.717, 1.165) is 0 Å². The van der Waals surface area contributed by atoms with Crippen molar-refractivity contribution in [3.63, 3.8) is 0 Å². The molecule has 52 valence electrons. The average molecular weight is 261 g/mol. The van der Waals surface area contributed by atoms with Gasteiger partial charge in [0.05, 0.1) is 6.75 Å². The molecule has 1 atom stereocenters. The Bertz CT molecular complexity index is 281. The molecule has 1 aliphatic heterocycles. The molecule has 1 aliphatic rings. The van der Waals surface area contributed by atoms with Crippen molar-refractivity contribution in [1.29, 1.82) is 0 Å². The molecule has 0 radical (unpaired) electrons. The van der Waals surface area contributed by atoms with Gasteiger partial charge in [0.25, 0.3) is 10.1 Å². The van der Waals surface area contributed by atoms with Crippen LogP contribution in [-0.2, 0) is 14.3 Å². The maximum absolute atomic E-state index is 10.7. The molecular formula is C4H5IO3S. The molecule has 0 saturated carbocycles. The molecule has 0 spiro atoms. The van der Waals surface area contributed by atoms with Gasteiger partial charge in [-0.05, 0) is 29.5 Å². The van der Waals surface area contributed by atoms with Gasteiger partial charge in [0, 0.05) is 3.58 Å². The minimum Gasteiger partial charge on any atom is -0.258 e. The second kappa shape index (κ2) is 2.21. The maximum atomic E-state index is 10.7.